The molecule has 1 aliphatic heterocycles. The van der Waals surface area contributed by atoms with Gasteiger partial charge in [-0.3, -0.25) is 9.69 Å². The lowest BCUT2D eigenvalue weighted by Gasteiger charge is -2.35. The number of benzene rings is 1. The van der Waals surface area contributed by atoms with E-state index in [4.69, 9.17) is 14.2 Å². The summed E-state index contributed by atoms with van der Waals surface area (Å²) in [5.41, 5.74) is 1.38. The van der Waals surface area contributed by atoms with Gasteiger partial charge in [-0.2, -0.15) is 0 Å². The maximum absolute atomic E-state index is 12.7. The van der Waals surface area contributed by atoms with Gasteiger partial charge in [-0.05, 0) is 39.0 Å². The van der Waals surface area contributed by atoms with E-state index < -0.39 is 5.97 Å². The molecule has 1 fully saturated rings. The van der Waals surface area contributed by atoms with Crippen LogP contribution in [-0.4, -0.2) is 67.3 Å². The third-order valence-corrected chi connectivity index (χ3v) is 4.90. The first-order valence-electron chi connectivity index (χ1n) is 9.95. The molecule has 0 spiro atoms. The van der Waals surface area contributed by atoms with Crippen molar-refractivity contribution in [2.24, 2.45) is 0 Å². The highest BCUT2D eigenvalue weighted by atomic mass is 16.5. The van der Waals surface area contributed by atoms with Crippen LogP contribution in [0.5, 0.6) is 5.75 Å². The first kappa shape index (κ1) is 21.1. The van der Waals surface area contributed by atoms with Crippen LogP contribution in [0.3, 0.4) is 0 Å². The Hall–Kier alpha value is -2.58. The van der Waals surface area contributed by atoms with Crippen LogP contribution in [0.2, 0.25) is 0 Å². The molecule has 2 heterocycles. The minimum Gasteiger partial charge on any atom is -0.497 e. The molecule has 0 unspecified atom stereocenters. The molecule has 0 radical (unpaired) electrons. The average molecular weight is 403 g/mol. The Balaban J connectivity index is 1.77. The fourth-order valence-corrected chi connectivity index (χ4v) is 3.71. The van der Waals surface area contributed by atoms with Gasteiger partial charge in [0, 0.05) is 37.0 Å². The van der Waals surface area contributed by atoms with E-state index in [0.29, 0.717) is 29.8 Å². The molecule has 1 aromatic heterocycles. The third kappa shape index (κ3) is 5.07. The van der Waals surface area contributed by atoms with Gasteiger partial charge in [-0.1, -0.05) is 0 Å². The van der Waals surface area contributed by atoms with Gasteiger partial charge in [-0.15, -0.1) is 0 Å². The van der Waals surface area contributed by atoms with E-state index in [1.54, 1.807) is 26.2 Å². The Morgan fingerprint density at radius 1 is 1.28 bits per heavy atom. The zero-order chi connectivity index (χ0) is 21.0. The van der Waals surface area contributed by atoms with Crippen LogP contribution in [0.25, 0.3) is 10.9 Å². The predicted octanol–water partition coefficient (Wildman–Crippen LogP) is 2.79. The number of rotatable bonds is 7. The van der Waals surface area contributed by atoms with Crippen LogP contribution >= 0.6 is 0 Å². The summed E-state index contributed by atoms with van der Waals surface area (Å²) in [6.45, 7) is 8.29. The van der Waals surface area contributed by atoms with E-state index in [9.17, 15) is 9.59 Å². The van der Waals surface area contributed by atoms with E-state index in [-0.39, 0.29) is 30.4 Å². The summed E-state index contributed by atoms with van der Waals surface area (Å²) in [6.07, 6.45) is 0.620. The topological polar surface area (TPSA) is 92.9 Å². The zero-order valence-electron chi connectivity index (χ0n) is 17.4. The summed E-state index contributed by atoms with van der Waals surface area (Å²) in [4.78, 5) is 30.3. The molecular weight excluding hydrogens is 374 g/mol. The summed E-state index contributed by atoms with van der Waals surface area (Å²) < 4.78 is 16.2. The maximum Gasteiger partial charge on any atom is 0.356 e. The first-order valence-corrected chi connectivity index (χ1v) is 9.95. The number of nitrogens with one attached hydrogen (secondary N) is 2. The summed E-state index contributed by atoms with van der Waals surface area (Å²) >= 11 is 0. The number of anilines is 1. The van der Waals surface area contributed by atoms with E-state index in [1.807, 2.05) is 19.9 Å². The van der Waals surface area contributed by atoms with E-state index in [2.05, 4.69) is 15.2 Å². The van der Waals surface area contributed by atoms with E-state index in [1.165, 1.54) is 0 Å². The quantitative estimate of drug-likeness (QED) is 0.691. The minimum atomic E-state index is -0.506. The number of aromatic nitrogens is 1. The molecule has 3 rings (SSSR count). The molecule has 8 heteroatoms. The number of hydrogen-bond acceptors (Lipinski definition) is 6. The summed E-state index contributed by atoms with van der Waals surface area (Å²) in [5.74, 6) is -0.0291. The number of H-pyrrole nitrogens is 1. The van der Waals surface area contributed by atoms with Crippen molar-refractivity contribution in [2.45, 2.75) is 39.4 Å². The Bertz CT molecular complexity index is 869. The van der Waals surface area contributed by atoms with Crippen molar-refractivity contribution in [3.05, 3.63) is 23.9 Å². The number of methoxy groups -OCH3 is 1. The highest BCUT2D eigenvalue weighted by Crippen LogP contribution is 2.31. The van der Waals surface area contributed by atoms with Gasteiger partial charge in [0.15, 0.2) is 0 Å². The van der Waals surface area contributed by atoms with Crippen LogP contribution < -0.4 is 10.1 Å². The lowest BCUT2D eigenvalue weighted by molar-refractivity contribution is -0.117. The number of hydrogen-bond donors (Lipinski definition) is 2. The molecule has 0 bridgehead atoms. The molecule has 2 N–H and O–H groups in total. The standard InChI is InChI=1S/C21H29N3O5/c1-5-28-21(26)20-19(16-10-15(27-4)6-7-17(16)22-20)23-18(25)8-9-24-11-13(2)29-14(3)12-24/h6-7,10,13-14,22H,5,8-9,11-12H2,1-4H3,(H,23,25)/t13-,14+. The van der Waals surface area contributed by atoms with Crippen molar-refractivity contribution in [1.29, 1.82) is 0 Å². The second kappa shape index (κ2) is 9.28. The smallest absolute Gasteiger partial charge is 0.356 e. The van der Waals surface area contributed by atoms with Crippen molar-refractivity contribution in [3.63, 3.8) is 0 Å². The molecule has 2 atom stereocenters. The van der Waals surface area contributed by atoms with Crippen LogP contribution in [0.1, 0.15) is 37.7 Å². The van der Waals surface area contributed by atoms with Gasteiger partial charge < -0.3 is 24.5 Å². The molecule has 1 aliphatic rings. The van der Waals surface area contributed by atoms with Crippen LogP contribution in [0, 0.1) is 0 Å². The second-order valence-corrected chi connectivity index (χ2v) is 7.32. The van der Waals surface area contributed by atoms with Crippen LogP contribution in [0.15, 0.2) is 18.2 Å². The molecule has 158 valence electrons. The third-order valence-electron chi connectivity index (χ3n) is 4.90. The van der Waals surface area contributed by atoms with Gasteiger partial charge in [0.2, 0.25) is 5.91 Å². The lowest BCUT2D eigenvalue weighted by Crippen LogP contribution is -2.46. The van der Waals surface area contributed by atoms with E-state index >= 15 is 0 Å². The molecule has 1 saturated heterocycles. The average Bonchev–Trinajstić information content (AvgIpc) is 3.03. The van der Waals surface area contributed by atoms with Crippen molar-refractivity contribution in [3.8, 4) is 5.75 Å². The molecule has 2 aromatic rings. The monoisotopic (exact) mass is 403 g/mol. The van der Waals surface area contributed by atoms with Crippen LogP contribution in [-0.2, 0) is 14.3 Å². The first-order chi connectivity index (χ1) is 13.9. The van der Waals surface area contributed by atoms with Gasteiger partial charge in [0.05, 0.1) is 31.6 Å². The largest absolute Gasteiger partial charge is 0.497 e. The number of carbonyl (C=O) groups is 2. The second-order valence-electron chi connectivity index (χ2n) is 7.32. The SMILES string of the molecule is CCOC(=O)c1[nH]c2ccc(OC)cc2c1NC(=O)CCN1C[C@@H](C)O[C@@H](C)C1. The Morgan fingerprint density at radius 2 is 2.00 bits per heavy atom. The maximum atomic E-state index is 12.7. The summed E-state index contributed by atoms with van der Waals surface area (Å²) in [6, 6.07) is 5.39. The summed E-state index contributed by atoms with van der Waals surface area (Å²) in [5, 5.41) is 3.60. The summed E-state index contributed by atoms with van der Waals surface area (Å²) in [7, 11) is 1.57. The Labute approximate surface area is 170 Å². The molecular formula is C21H29N3O5. The van der Waals surface area contributed by atoms with Crippen molar-refractivity contribution >= 4 is 28.5 Å². The number of aromatic amines is 1. The number of esters is 1. The molecule has 29 heavy (non-hydrogen) atoms. The van der Waals surface area contributed by atoms with E-state index in [0.717, 1.165) is 18.6 Å². The number of ether oxygens (including phenoxy) is 3. The number of amides is 1. The molecule has 8 nitrogen and oxygen atoms in total. The number of morpholine rings is 1. The fourth-order valence-electron chi connectivity index (χ4n) is 3.71. The Morgan fingerprint density at radius 3 is 2.66 bits per heavy atom. The number of nitrogens with zero attached hydrogens (tertiary/aromatic N) is 1. The van der Waals surface area contributed by atoms with Gasteiger partial charge in [0.1, 0.15) is 11.4 Å². The van der Waals surface area contributed by atoms with Gasteiger partial charge in [0.25, 0.3) is 0 Å². The molecule has 1 aromatic carbocycles. The zero-order valence-corrected chi connectivity index (χ0v) is 17.4. The van der Waals surface area contributed by atoms with Crippen molar-refractivity contribution < 1.29 is 23.8 Å². The van der Waals surface area contributed by atoms with Crippen molar-refractivity contribution in [1.82, 2.24) is 9.88 Å². The Kier molecular flexibility index (Phi) is 6.76. The molecule has 0 aliphatic carbocycles. The van der Waals surface area contributed by atoms with Crippen LogP contribution in [0.4, 0.5) is 5.69 Å². The highest BCUT2D eigenvalue weighted by Gasteiger charge is 2.24. The lowest BCUT2D eigenvalue weighted by atomic mass is 10.2. The normalized spacial score (nSPS) is 19.9. The van der Waals surface area contributed by atoms with Gasteiger partial charge in [-0.25, -0.2) is 4.79 Å². The fraction of sp³-hybridized carbons (Fsp3) is 0.524. The van der Waals surface area contributed by atoms with Crippen molar-refractivity contribution in [2.75, 3.05) is 38.7 Å². The van der Waals surface area contributed by atoms with Gasteiger partial charge >= 0.3 is 5.97 Å². The molecule has 1 amide bonds. The molecule has 0 saturated carbocycles. The number of carbonyl (C=O) groups excluding carboxylic acids is 2. The highest BCUT2D eigenvalue weighted by molar-refractivity contribution is 6.11. The minimum absolute atomic E-state index is 0.151. The predicted molar refractivity (Wildman–Crippen MR) is 111 cm³/mol. The number of fused-ring (bicyclic) bond motifs is 1.